The summed E-state index contributed by atoms with van der Waals surface area (Å²) in [6.07, 6.45) is 6.03. The van der Waals surface area contributed by atoms with Crippen LogP contribution < -0.4 is 10.6 Å². The van der Waals surface area contributed by atoms with Crippen molar-refractivity contribution in [1.82, 2.24) is 15.2 Å². The van der Waals surface area contributed by atoms with Crippen molar-refractivity contribution in [3.63, 3.8) is 0 Å². The maximum Gasteiger partial charge on any atom is 0.325 e. The summed E-state index contributed by atoms with van der Waals surface area (Å²) < 4.78 is 1.67. The van der Waals surface area contributed by atoms with E-state index in [1.165, 1.54) is 17.5 Å². The van der Waals surface area contributed by atoms with E-state index in [-0.39, 0.29) is 6.03 Å². The molecular formula is C18H21N3O. The number of aromatic nitrogens is 1. The summed E-state index contributed by atoms with van der Waals surface area (Å²) in [5.41, 5.74) is 3.49. The maximum absolute atomic E-state index is 12.4. The molecule has 1 saturated heterocycles. The fraction of sp³-hybridized carbons (Fsp3) is 0.389. The van der Waals surface area contributed by atoms with Crippen LogP contribution in [0.4, 0.5) is 4.79 Å². The number of nitrogens with one attached hydrogen (secondary N) is 2. The van der Waals surface area contributed by atoms with Gasteiger partial charge in [0.05, 0.1) is 0 Å². The van der Waals surface area contributed by atoms with Gasteiger partial charge in [-0.25, -0.2) is 4.79 Å². The van der Waals surface area contributed by atoms with Crippen LogP contribution in [0.5, 0.6) is 0 Å². The van der Waals surface area contributed by atoms with Crippen molar-refractivity contribution >= 4 is 6.03 Å². The van der Waals surface area contributed by atoms with Gasteiger partial charge in [-0.05, 0) is 42.9 Å². The van der Waals surface area contributed by atoms with Gasteiger partial charge in [0.1, 0.15) is 0 Å². The molecule has 2 N–H and O–H groups in total. The zero-order valence-electron chi connectivity index (χ0n) is 12.8. The number of rotatable bonds is 2. The monoisotopic (exact) mass is 295 g/mol. The van der Waals surface area contributed by atoms with E-state index < -0.39 is 0 Å². The van der Waals surface area contributed by atoms with E-state index in [0.29, 0.717) is 18.0 Å². The predicted octanol–water partition coefficient (Wildman–Crippen LogP) is 2.77. The topological polar surface area (TPSA) is 46.1 Å². The summed E-state index contributed by atoms with van der Waals surface area (Å²) in [4.78, 5) is 12.4. The summed E-state index contributed by atoms with van der Waals surface area (Å²) in [6.45, 7) is 3.13. The molecule has 2 aromatic rings. The summed E-state index contributed by atoms with van der Waals surface area (Å²) in [6, 6.07) is 11.2. The number of hydrogen-bond acceptors (Lipinski definition) is 2. The Balaban J connectivity index is 1.49. The van der Waals surface area contributed by atoms with E-state index in [2.05, 4.69) is 29.7 Å². The van der Waals surface area contributed by atoms with Crippen LogP contribution in [-0.4, -0.2) is 29.2 Å². The van der Waals surface area contributed by atoms with Gasteiger partial charge in [-0.15, -0.1) is 0 Å². The molecule has 1 saturated carbocycles. The van der Waals surface area contributed by atoms with Gasteiger partial charge in [0.2, 0.25) is 0 Å². The molecule has 1 amide bonds. The Kier molecular flexibility index (Phi) is 3.26. The molecule has 3 atom stereocenters. The highest BCUT2D eigenvalue weighted by Crippen LogP contribution is 2.31. The highest BCUT2D eigenvalue weighted by Gasteiger charge is 2.40. The first kappa shape index (κ1) is 13.6. The van der Waals surface area contributed by atoms with E-state index in [1.807, 2.05) is 30.6 Å². The molecule has 2 bridgehead atoms. The molecule has 3 unspecified atom stereocenters. The SMILES string of the molecule is Cc1ccccc1-c1ccn(C(=O)NC2CC3CC2CN3)c1. The van der Waals surface area contributed by atoms with Crippen LogP contribution in [0.3, 0.4) is 0 Å². The second-order valence-corrected chi connectivity index (χ2v) is 6.52. The van der Waals surface area contributed by atoms with Crippen molar-refractivity contribution < 1.29 is 4.79 Å². The molecule has 4 heteroatoms. The van der Waals surface area contributed by atoms with Crippen LogP contribution in [0.15, 0.2) is 42.7 Å². The smallest absolute Gasteiger partial charge is 0.325 e. The van der Waals surface area contributed by atoms with Crippen LogP contribution in [0.2, 0.25) is 0 Å². The van der Waals surface area contributed by atoms with Crippen molar-refractivity contribution in [2.45, 2.75) is 31.8 Å². The normalized spacial score (nSPS) is 26.3. The number of amides is 1. The van der Waals surface area contributed by atoms with Gasteiger partial charge >= 0.3 is 6.03 Å². The third-order valence-electron chi connectivity index (χ3n) is 5.06. The largest absolute Gasteiger partial charge is 0.334 e. The number of hydrogen-bond donors (Lipinski definition) is 2. The number of carbonyl (C=O) groups excluding carboxylic acids is 1. The molecule has 22 heavy (non-hydrogen) atoms. The summed E-state index contributed by atoms with van der Waals surface area (Å²) in [5.74, 6) is 0.598. The minimum Gasteiger partial charge on any atom is -0.334 e. The Hall–Kier alpha value is -2.07. The molecule has 4 nitrogen and oxygen atoms in total. The zero-order chi connectivity index (χ0) is 15.1. The Labute approximate surface area is 130 Å². The molecule has 1 aliphatic heterocycles. The summed E-state index contributed by atoms with van der Waals surface area (Å²) in [7, 11) is 0. The van der Waals surface area contributed by atoms with Crippen molar-refractivity contribution in [1.29, 1.82) is 0 Å². The van der Waals surface area contributed by atoms with E-state index in [9.17, 15) is 4.79 Å². The molecular weight excluding hydrogens is 274 g/mol. The lowest BCUT2D eigenvalue weighted by atomic mass is 10.0. The first-order valence-corrected chi connectivity index (χ1v) is 7.99. The maximum atomic E-state index is 12.4. The first-order valence-electron chi connectivity index (χ1n) is 7.99. The van der Waals surface area contributed by atoms with E-state index >= 15 is 0 Å². The van der Waals surface area contributed by atoms with Gasteiger partial charge in [0.15, 0.2) is 0 Å². The molecule has 4 rings (SSSR count). The molecule has 0 spiro atoms. The number of aryl methyl sites for hydroxylation is 1. The molecule has 0 radical (unpaired) electrons. The first-order chi connectivity index (χ1) is 10.7. The standard InChI is InChI=1S/C18H21N3O/c1-12-4-2-3-5-16(12)13-6-7-21(11-13)18(22)20-17-9-15-8-14(17)10-19-15/h2-7,11,14-15,17,19H,8-10H2,1H3,(H,20,22). The number of carbonyl (C=O) groups is 1. The van der Waals surface area contributed by atoms with Gasteiger partial charge in [0, 0.05) is 36.6 Å². The van der Waals surface area contributed by atoms with Crippen LogP contribution in [-0.2, 0) is 0 Å². The minimum absolute atomic E-state index is 0.0163. The van der Waals surface area contributed by atoms with Gasteiger partial charge < -0.3 is 10.6 Å². The van der Waals surface area contributed by atoms with Gasteiger partial charge in [0.25, 0.3) is 0 Å². The average molecular weight is 295 g/mol. The second-order valence-electron chi connectivity index (χ2n) is 6.52. The van der Waals surface area contributed by atoms with Crippen molar-refractivity contribution in [2.24, 2.45) is 5.92 Å². The summed E-state index contributed by atoms with van der Waals surface area (Å²) >= 11 is 0. The minimum atomic E-state index is -0.0163. The number of fused-ring (bicyclic) bond motifs is 2. The number of nitrogens with zero attached hydrogens (tertiary/aromatic N) is 1. The van der Waals surface area contributed by atoms with Gasteiger partial charge in [-0.1, -0.05) is 24.3 Å². The van der Waals surface area contributed by atoms with Crippen LogP contribution in [0.25, 0.3) is 11.1 Å². The van der Waals surface area contributed by atoms with E-state index in [1.54, 1.807) is 4.57 Å². The molecule has 2 aliphatic rings. The lowest BCUT2D eigenvalue weighted by molar-refractivity contribution is 0.233. The van der Waals surface area contributed by atoms with Crippen LogP contribution >= 0.6 is 0 Å². The third kappa shape index (κ3) is 2.33. The van der Waals surface area contributed by atoms with Crippen molar-refractivity contribution in [2.75, 3.05) is 6.54 Å². The second kappa shape index (κ2) is 5.29. The third-order valence-corrected chi connectivity index (χ3v) is 5.06. The summed E-state index contributed by atoms with van der Waals surface area (Å²) in [5, 5.41) is 6.66. The van der Waals surface area contributed by atoms with Crippen molar-refractivity contribution in [3.8, 4) is 11.1 Å². The van der Waals surface area contributed by atoms with Gasteiger partial charge in [-0.3, -0.25) is 4.57 Å². The molecule has 2 heterocycles. The zero-order valence-corrected chi connectivity index (χ0v) is 12.8. The lowest BCUT2D eigenvalue weighted by Crippen LogP contribution is -2.45. The quantitative estimate of drug-likeness (QED) is 0.895. The highest BCUT2D eigenvalue weighted by molar-refractivity contribution is 5.79. The number of piperidine rings is 1. The van der Waals surface area contributed by atoms with Crippen molar-refractivity contribution in [3.05, 3.63) is 48.3 Å². The van der Waals surface area contributed by atoms with Gasteiger partial charge in [-0.2, -0.15) is 0 Å². The van der Waals surface area contributed by atoms with Crippen LogP contribution in [0.1, 0.15) is 18.4 Å². The van der Waals surface area contributed by atoms with Crippen LogP contribution in [0, 0.1) is 12.8 Å². The molecule has 1 aromatic heterocycles. The lowest BCUT2D eigenvalue weighted by Gasteiger charge is -2.23. The Bertz CT molecular complexity index is 706. The molecule has 2 fully saturated rings. The predicted molar refractivity (Wildman–Crippen MR) is 86.8 cm³/mol. The Morgan fingerprint density at radius 3 is 2.86 bits per heavy atom. The number of benzene rings is 1. The molecule has 114 valence electrons. The average Bonchev–Trinajstić information content (AvgIpc) is 3.24. The Morgan fingerprint density at radius 2 is 2.14 bits per heavy atom. The molecule has 1 aliphatic carbocycles. The molecule has 1 aromatic carbocycles. The fourth-order valence-electron chi connectivity index (χ4n) is 3.82. The van der Waals surface area contributed by atoms with E-state index in [4.69, 9.17) is 0 Å². The Morgan fingerprint density at radius 1 is 1.27 bits per heavy atom. The highest BCUT2D eigenvalue weighted by atomic mass is 16.2. The van der Waals surface area contributed by atoms with E-state index in [0.717, 1.165) is 18.5 Å². The fourth-order valence-corrected chi connectivity index (χ4v) is 3.82.